The van der Waals surface area contributed by atoms with Gasteiger partial charge in [0, 0.05) is 0 Å². The lowest BCUT2D eigenvalue weighted by molar-refractivity contribution is -0.139. The fourth-order valence-electron chi connectivity index (χ4n) is 1.04. The van der Waals surface area contributed by atoms with Crippen molar-refractivity contribution in [3.8, 4) is 47.4 Å². The fourth-order valence-corrected chi connectivity index (χ4v) is 1.04. The van der Waals surface area contributed by atoms with E-state index in [1.54, 1.807) is 0 Å². The summed E-state index contributed by atoms with van der Waals surface area (Å²) in [7, 11) is 0. The van der Waals surface area contributed by atoms with Crippen LogP contribution in [0.4, 0.5) is 0 Å². The second-order valence-corrected chi connectivity index (χ2v) is 3.40. The minimum Gasteiger partial charge on any atom is -0.446 e. The van der Waals surface area contributed by atoms with Gasteiger partial charge in [0.1, 0.15) is 12.2 Å². The van der Waals surface area contributed by atoms with Crippen LogP contribution in [0.15, 0.2) is 0 Å². The number of carbonyl (C=O) groups excluding carboxylic acids is 1. The summed E-state index contributed by atoms with van der Waals surface area (Å²) in [5.74, 6) is 19.0. The Morgan fingerprint density at radius 1 is 1.22 bits per heavy atom. The van der Waals surface area contributed by atoms with E-state index in [1.165, 1.54) is 6.92 Å². The number of rotatable bonds is 0. The largest absolute Gasteiger partial charge is 0.446 e. The molecule has 0 radical (unpaired) electrons. The zero-order valence-electron chi connectivity index (χ0n) is 9.65. The first-order chi connectivity index (χ1) is 8.59. The highest BCUT2D eigenvalue weighted by Crippen LogP contribution is 2.13. The molecule has 0 aromatic heterocycles. The van der Waals surface area contributed by atoms with Gasteiger partial charge in [-0.1, -0.05) is 5.92 Å². The summed E-state index contributed by atoms with van der Waals surface area (Å²) < 4.78 is 4.73. The van der Waals surface area contributed by atoms with Crippen molar-refractivity contribution in [2.24, 2.45) is 0 Å². The van der Waals surface area contributed by atoms with Crippen LogP contribution < -0.4 is 0 Å². The molecule has 0 aliphatic carbocycles. The van der Waals surface area contributed by atoms with Crippen molar-refractivity contribution in [1.29, 1.82) is 0 Å². The van der Waals surface area contributed by atoms with Gasteiger partial charge in [-0.25, -0.2) is 0 Å². The summed E-state index contributed by atoms with van der Waals surface area (Å²) in [6.45, 7) is 1.53. The fraction of sp³-hybridized carbons (Fsp3) is 0.357. The van der Waals surface area contributed by atoms with Crippen molar-refractivity contribution in [3.63, 3.8) is 0 Å². The van der Waals surface area contributed by atoms with Gasteiger partial charge >= 0.3 is 5.97 Å². The van der Waals surface area contributed by atoms with E-state index >= 15 is 0 Å². The number of carbonyl (C=O) groups is 1. The number of aliphatic hydroxyl groups is 2. The average Bonchev–Trinajstić information content (AvgIpc) is 2.61. The van der Waals surface area contributed by atoms with Gasteiger partial charge in [0.15, 0.2) is 6.10 Å². The molecule has 1 aliphatic heterocycles. The third-order valence-electron chi connectivity index (χ3n) is 1.79. The van der Waals surface area contributed by atoms with Gasteiger partial charge < -0.3 is 14.9 Å². The Balaban J connectivity index is 2.48. The Morgan fingerprint density at radius 3 is 2.39 bits per heavy atom. The molecule has 1 aliphatic rings. The summed E-state index contributed by atoms with van der Waals surface area (Å²) in [6, 6.07) is 0. The van der Waals surface area contributed by atoms with Gasteiger partial charge in [0.05, 0.1) is 6.42 Å². The van der Waals surface area contributed by atoms with E-state index in [1.807, 2.05) is 0 Å². The van der Waals surface area contributed by atoms with Crippen LogP contribution in [0.2, 0.25) is 0 Å². The van der Waals surface area contributed by atoms with Crippen molar-refractivity contribution in [3.05, 3.63) is 0 Å². The lowest BCUT2D eigenvalue weighted by Gasteiger charge is -2.02. The van der Waals surface area contributed by atoms with Crippen LogP contribution in [0.3, 0.4) is 0 Å². The highest BCUT2D eigenvalue weighted by molar-refractivity contribution is 5.73. The van der Waals surface area contributed by atoms with Crippen LogP contribution in [0, 0.1) is 47.4 Å². The normalized spacial score (nSPS) is 21.6. The number of ether oxygens (including phenoxy) is 1. The van der Waals surface area contributed by atoms with Crippen LogP contribution in [-0.2, 0) is 9.53 Å². The van der Waals surface area contributed by atoms with Crippen molar-refractivity contribution >= 4 is 5.97 Å². The zero-order chi connectivity index (χ0) is 13.4. The van der Waals surface area contributed by atoms with Gasteiger partial charge in [-0.05, 0) is 48.4 Å². The zero-order valence-corrected chi connectivity index (χ0v) is 9.65. The SMILES string of the molecule is CC(O)C#CC#CC#CC#CC1OC(=O)CC1O. The van der Waals surface area contributed by atoms with E-state index in [0.29, 0.717) is 0 Å². The molecular weight excluding hydrogens is 232 g/mol. The highest BCUT2D eigenvalue weighted by Gasteiger charge is 2.31. The third-order valence-corrected chi connectivity index (χ3v) is 1.79. The summed E-state index contributed by atoms with van der Waals surface area (Å²) >= 11 is 0. The maximum absolute atomic E-state index is 10.8. The molecule has 4 nitrogen and oxygen atoms in total. The van der Waals surface area contributed by atoms with E-state index in [9.17, 15) is 9.90 Å². The molecule has 0 saturated carbocycles. The predicted octanol–water partition coefficient (Wildman–Crippen LogP) is -0.943. The Bertz CT molecular complexity index is 558. The first kappa shape index (κ1) is 13.7. The maximum atomic E-state index is 10.8. The molecule has 0 amide bonds. The Kier molecular flexibility index (Phi) is 5.37. The Labute approximate surface area is 105 Å². The highest BCUT2D eigenvalue weighted by atomic mass is 16.6. The number of esters is 1. The summed E-state index contributed by atoms with van der Waals surface area (Å²) in [4.78, 5) is 10.8. The number of hydrogen-bond acceptors (Lipinski definition) is 4. The topological polar surface area (TPSA) is 66.8 Å². The Morgan fingerprint density at radius 2 is 1.83 bits per heavy atom. The number of hydrogen-bond donors (Lipinski definition) is 2. The number of aliphatic hydroxyl groups excluding tert-OH is 2. The van der Waals surface area contributed by atoms with Crippen LogP contribution in [-0.4, -0.2) is 34.5 Å². The van der Waals surface area contributed by atoms with Crippen molar-refractivity contribution < 1.29 is 19.7 Å². The van der Waals surface area contributed by atoms with Crippen LogP contribution in [0.1, 0.15) is 13.3 Å². The molecule has 1 rings (SSSR count). The van der Waals surface area contributed by atoms with E-state index in [4.69, 9.17) is 9.84 Å². The quantitative estimate of drug-likeness (QED) is 0.425. The molecule has 1 heterocycles. The van der Waals surface area contributed by atoms with E-state index < -0.39 is 24.3 Å². The molecule has 0 spiro atoms. The van der Waals surface area contributed by atoms with E-state index in [2.05, 4.69) is 47.4 Å². The van der Waals surface area contributed by atoms with Gasteiger partial charge in [0.25, 0.3) is 0 Å². The minimum atomic E-state index is -0.894. The maximum Gasteiger partial charge on any atom is 0.309 e. The van der Waals surface area contributed by atoms with Gasteiger partial charge in [0.2, 0.25) is 0 Å². The lowest BCUT2D eigenvalue weighted by Crippen LogP contribution is -2.18. The molecule has 0 aromatic rings. The van der Waals surface area contributed by atoms with Crippen molar-refractivity contribution in [2.45, 2.75) is 31.7 Å². The lowest BCUT2D eigenvalue weighted by atomic mass is 10.2. The van der Waals surface area contributed by atoms with E-state index in [0.717, 1.165) is 0 Å². The molecule has 1 saturated heterocycles. The standard InChI is InChI=1S/C14H10O4/c1-11(15)8-6-4-2-3-5-7-9-13-12(16)10-14(17)18-13/h11-13,15-16H,10H2,1H3. The molecule has 3 atom stereocenters. The molecule has 2 N–H and O–H groups in total. The van der Waals surface area contributed by atoms with Crippen LogP contribution in [0.5, 0.6) is 0 Å². The van der Waals surface area contributed by atoms with Crippen LogP contribution >= 0.6 is 0 Å². The predicted molar refractivity (Wildman–Crippen MR) is 63.3 cm³/mol. The molecule has 18 heavy (non-hydrogen) atoms. The number of cyclic esters (lactones) is 1. The van der Waals surface area contributed by atoms with Crippen molar-refractivity contribution in [1.82, 2.24) is 0 Å². The van der Waals surface area contributed by atoms with Gasteiger partial charge in [-0.2, -0.15) is 0 Å². The first-order valence-corrected chi connectivity index (χ1v) is 5.16. The van der Waals surface area contributed by atoms with E-state index in [-0.39, 0.29) is 6.42 Å². The summed E-state index contributed by atoms with van der Waals surface area (Å²) in [5.41, 5.74) is 0. The third kappa shape index (κ3) is 5.11. The molecule has 3 unspecified atom stereocenters. The molecule has 0 aromatic carbocycles. The monoisotopic (exact) mass is 242 g/mol. The average molecular weight is 242 g/mol. The Hall–Kier alpha value is -2.37. The molecular formula is C14H10O4. The van der Waals surface area contributed by atoms with Gasteiger partial charge in [-0.3, -0.25) is 4.79 Å². The summed E-state index contributed by atoms with van der Waals surface area (Å²) in [6.07, 6.45) is -2.46. The first-order valence-electron chi connectivity index (χ1n) is 5.16. The van der Waals surface area contributed by atoms with Crippen molar-refractivity contribution in [2.75, 3.05) is 0 Å². The molecule has 90 valence electrons. The second-order valence-electron chi connectivity index (χ2n) is 3.40. The smallest absolute Gasteiger partial charge is 0.309 e. The minimum absolute atomic E-state index is 0.0402. The van der Waals surface area contributed by atoms with Gasteiger partial charge in [-0.15, -0.1) is 0 Å². The molecule has 4 heteroatoms. The van der Waals surface area contributed by atoms with Crippen LogP contribution in [0.25, 0.3) is 0 Å². The second kappa shape index (κ2) is 7.05. The molecule has 0 bridgehead atoms. The summed E-state index contributed by atoms with van der Waals surface area (Å²) in [5, 5.41) is 18.1. The molecule has 1 fully saturated rings.